The van der Waals surface area contributed by atoms with Crippen LogP contribution < -0.4 is 10.0 Å². The maximum Gasteiger partial charge on any atom is 0.412 e. The second kappa shape index (κ2) is 6.61. The molecule has 0 aliphatic rings. The van der Waals surface area contributed by atoms with Gasteiger partial charge in [0.25, 0.3) is 0 Å². The molecule has 0 unspecified atom stereocenters. The number of nitrogens with one attached hydrogen (secondary N) is 2. The van der Waals surface area contributed by atoms with Gasteiger partial charge in [-0.2, -0.15) is 13.2 Å². The van der Waals surface area contributed by atoms with Crippen LogP contribution in [0.15, 0.2) is 24.3 Å². The van der Waals surface area contributed by atoms with Gasteiger partial charge < -0.3 is 5.32 Å². The predicted molar refractivity (Wildman–Crippen MR) is 70.8 cm³/mol. The summed E-state index contributed by atoms with van der Waals surface area (Å²) in [6.45, 7) is 1.11. The SMILES string of the molecule is C[C@@H](NS(C)(=O)=O)C(=O)N[C@H](c1ccc(F)cc1)C(F)(F)F. The second-order valence-electron chi connectivity index (χ2n) is 4.65. The van der Waals surface area contributed by atoms with Gasteiger partial charge in [0.05, 0.1) is 12.3 Å². The maximum absolute atomic E-state index is 13.0. The second-order valence-corrected chi connectivity index (χ2v) is 6.43. The normalized spacial score (nSPS) is 15.2. The largest absolute Gasteiger partial charge is 0.412 e. The predicted octanol–water partition coefficient (Wildman–Crippen LogP) is 1.48. The van der Waals surface area contributed by atoms with Gasteiger partial charge in [-0.25, -0.2) is 17.5 Å². The number of halogens is 4. The van der Waals surface area contributed by atoms with Crippen molar-refractivity contribution in [2.75, 3.05) is 6.26 Å². The first-order valence-corrected chi connectivity index (χ1v) is 7.89. The topological polar surface area (TPSA) is 75.3 Å². The summed E-state index contributed by atoms with van der Waals surface area (Å²) in [5, 5.41) is 1.70. The van der Waals surface area contributed by atoms with E-state index in [1.807, 2.05) is 4.72 Å². The number of carbonyl (C=O) groups is 1. The van der Waals surface area contributed by atoms with Gasteiger partial charge in [-0.3, -0.25) is 4.79 Å². The molecular weight excluding hydrogens is 328 g/mol. The smallest absolute Gasteiger partial charge is 0.339 e. The monoisotopic (exact) mass is 342 g/mol. The molecule has 1 aromatic carbocycles. The van der Waals surface area contributed by atoms with E-state index in [4.69, 9.17) is 0 Å². The highest BCUT2D eigenvalue weighted by molar-refractivity contribution is 7.88. The van der Waals surface area contributed by atoms with Gasteiger partial charge in [-0.1, -0.05) is 12.1 Å². The number of hydrogen-bond acceptors (Lipinski definition) is 3. The van der Waals surface area contributed by atoms with Crippen LogP contribution in [0.3, 0.4) is 0 Å². The van der Waals surface area contributed by atoms with Crippen molar-refractivity contribution in [2.45, 2.75) is 25.2 Å². The molecule has 0 fully saturated rings. The van der Waals surface area contributed by atoms with E-state index in [2.05, 4.69) is 0 Å². The van der Waals surface area contributed by atoms with Gasteiger partial charge in [0.1, 0.15) is 5.82 Å². The van der Waals surface area contributed by atoms with Crippen molar-refractivity contribution in [3.05, 3.63) is 35.6 Å². The molecule has 22 heavy (non-hydrogen) atoms. The lowest BCUT2D eigenvalue weighted by atomic mass is 10.1. The minimum atomic E-state index is -4.82. The molecule has 0 radical (unpaired) electrons. The maximum atomic E-state index is 13.0. The van der Waals surface area contributed by atoms with Gasteiger partial charge in [-0.15, -0.1) is 0 Å². The Morgan fingerprint density at radius 3 is 2.09 bits per heavy atom. The van der Waals surface area contributed by atoms with Crippen LogP contribution in [-0.2, 0) is 14.8 Å². The average molecular weight is 342 g/mol. The molecule has 0 aromatic heterocycles. The lowest BCUT2D eigenvalue weighted by Gasteiger charge is -2.24. The van der Waals surface area contributed by atoms with Gasteiger partial charge in [0.2, 0.25) is 15.9 Å². The Balaban J connectivity index is 2.96. The summed E-state index contributed by atoms with van der Waals surface area (Å²) in [6.07, 6.45) is -4.05. The third-order valence-corrected chi connectivity index (χ3v) is 3.38. The summed E-state index contributed by atoms with van der Waals surface area (Å²) in [5.41, 5.74) is -0.367. The van der Waals surface area contributed by atoms with Crippen molar-refractivity contribution < 1.29 is 30.8 Å². The van der Waals surface area contributed by atoms with E-state index in [-0.39, 0.29) is 5.56 Å². The first-order valence-electron chi connectivity index (χ1n) is 6.00. The van der Waals surface area contributed by atoms with Gasteiger partial charge in [0.15, 0.2) is 6.04 Å². The van der Waals surface area contributed by atoms with Crippen LogP contribution >= 0.6 is 0 Å². The highest BCUT2D eigenvalue weighted by Crippen LogP contribution is 2.32. The highest BCUT2D eigenvalue weighted by Gasteiger charge is 2.42. The molecule has 5 nitrogen and oxygen atoms in total. The van der Waals surface area contributed by atoms with E-state index in [0.717, 1.165) is 37.4 Å². The minimum absolute atomic E-state index is 0.367. The molecule has 0 bridgehead atoms. The Hall–Kier alpha value is -1.68. The molecule has 1 rings (SSSR count). The van der Waals surface area contributed by atoms with Crippen molar-refractivity contribution in [3.63, 3.8) is 0 Å². The Labute approximate surface area is 124 Å². The van der Waals surface area contributed by atoms with Gasteiger partial charge in [0, 0.05) is 0 Å². The number of sulfonamides is 1. The van der Waals surface area contributed by atoms with Gasteiger partial charge >= 0.3 is 6.18 Å². The Kier molecular flexibility index (Phi) is 5.52. The molecule has 0 saturated heterocycles. The van der Waals surface area contributed by atoms with Crippen LogP contribution in [-0.4, -0.2) is 32.8 Å². The molecule has 0 aliphatic heterocycles. The fourth-order valence-corrected chi connectivity index (χ4v) is 2.40. The van der Waals surface area contributed by atoms with Crippen molar-refractivity contribution in [3.8, 4) is 0 Å². The number of benzene rings is 1. The fraction of sp³-hybridized carbons (Fsp3) is 0.417. The van der Waals surface area contributed by atoms with Crippen LogP contribution in [0.2, 0.25) is 0 Å². The molecule has 10 heteroatoms. The number of hydrogen-bond donors (Lipinski definition) is 2. The zero-order chi connectivity index (χ0) is 17.1. The Bertz CT molecular complexity index is 629. The summed E-state index contributed by atoms with van der Waals surface area (Å²) in [4.78, 5) is 11.7. The molecule has 2 atom stereocenters. The molecule has 0 spiro atoms. The first kappa shape index (κ1) is 18.4. The molecule has 0 saturated carbocycles. The average Bonchev–Trinajstić information content (AvgIpc) is 2.33. The number of alkyl halides is 3. The molecular formula is C12H14F4N2O3S. The van der Waals surface area contributed by atoms with E-state index >= 15 is 0 Å². The first-order chi connectivity index (χ1) is 9.90. The number of amides is 1. The van der Waals surface area contributed by atoms with Crippen LogP contribution in [0.4, 0.5) is 17.6 Å². The molecule has 1 aromatic rings. The Morgan fingerprint density at radius 1 is 1.18 bits per heavy atom. The van der Waals surface area contributed by atoms with E-state index in [9.17, 15) is 30.8 Å². The summed E-state index contributed by atoms with van der Waals surface area (Å²) in [7, 11) is -3.75. The summed E-state index contributed by atoms with van der Waals surface area (Å²) in [5.74, 6) is -1.87. The molecule has 1 amide bonds. The summed E-state index contributed by atoms with van der Waals surface area (Å²) >= 11 is 0. The summed E-state index contributed by atoms with van der Waals surface area (Å²) in [6, 6.07) is -0.313. The third kappa shape index (κ3) is 5.60. The fourth-order valence-electron chi connectivity index (χ4n) is 1.65. The minimum Gasteiger partial charge on any atom is -0.339 e. The summed E-state index contributed by atoms with van der Waals surface area (Å²) < 4.78 is 75.7. The zero-order valence-electron chi connectivity index (χ0n) is 11.6. The molecule has 0 aliphatic carbocycles. The molecule has 2 N–H and O–H groups in total. The standard InChI is InChI=1S/C12H14F4N2O3S/c1-7(18-22(2,20)21)11(19)17-10(12(14,15)16)8-3-5-9(13)6-4-8/h3-7,10,18H,1-2H3,(H,17,19)/t7-,10-/m1/s1. The third-order valence-electron chi connectivity index (χ3n) is 2.60. The van der Waals surface area contributed by atoms with Crippen LogP contribution in [0.25, 0.3) is 0 Å². The highest BCUT2D eigenvalue weighted by atomic mass is 32.2. The molecule has 0 heterocycles. The number of carbonyl (C=O) groups excluding carboxylic acids is 1. The zero-order valence-corrected chi connectivity index (χ0v) is 12.4. The van der Waals surface area contributed by atoms with E-state index in [1.54, 1.807) is 5.32 Å². The van der Waals surface area contributed by atoms with E-state index in [0.29, 0.717) is 0 Å². The van der Waals surface area contributed by atoms with Crippen molar-refractivity contribution in [1.82, 2.24) is 10.0 Å². The van der Waals surface area contributed by atoms with Crippen molar-refractivity contribution in [1.29, 1.82) is 0 Å². The van der Waals surface area contributed by atoms with Crippen LogP contribution in [0.5, 0.6) is 0 Å². The van der Waals surface area contributed by atoms with Gasteiger partial charge in [-0.05, 0) is 24.6 Å². The van der Waals surface area contributed by atoms with E-state index < -0.39 is 40.0 Å². The molecule has 124 valence electrons. The van der Waals surface area contributed by atoms with E-state index in [1.165, 1.54) is 0 Å². The van der Waals surface area contributed by atoms with Crippen LogP contribution in [0.1, 0.15) is 18.5 Å². The van der Waals surface area contributed by atoms with Crippen LogP contribution in [0, 0.1) is 5.82 Å². The van der Waals surface area contributed by atoms with Crippen molar-refractivity contribution in [2.24, 2.45) is 0 Å². The quantitative estimate of drug-likeness (QED) is 0.796. The Morgan fingerprint density at radius 2 is 1.68 bits per heavy atom. The number of rotatable bonds is 5. The lowest BCUT2D eigenvalue weighted by molar-refractivity contribution is -0.163. The lowest BCUT2D eigenvalue weighted by Crippen LogP contribution is -2.48. The van der Waals surface area contributed by atoms with Crippen molar-refractivity contribution >= 4 is 15.9 Å².